The summed E-state index contributed by atoms with van der Waals surface area (Å²) in [5.41, 5.74) is 3.75. The van der Waals surface area contributed by atoms with Crippen molar-refractivity contribution in [1.29, 1.82) is 0 Å². The van der Waals surface area contributed by atoms with E-state index in [0.717, 1.165) is 5.56 Å². The molecular formula is C13H14Cl2N2S. The van der Waals surface area contributed by atoms with Gasteiger partial charge in [0.05, 0.1) is 6.04 Å². The lowest BCUT2D eigenvalue weighted by Gasteiger charge is -2.16. The summed E-state index contributed by atoms with van der Waals surface area (Å²) in [5, 5.41) is 1.35. The van der Waals surface area contributed by atoms with Crippen molar-refractivity contribution in [3.63, 3.8) is 0 Å². The highest BCUT2D eigenvalue weighted by Crippen LogP contribution is 2.31. The van der Waals surface area contributed by atoms with Crippen molar-refractivity contribution >= 4 is 34.5 Å². The number of nitrogens with one attached hydrogen (secondary N) is 1. The van der Waals surface area contributed by atoms with Crippen molar-refractivity contribution in [3.05, 3.63) is 55.7 Å². The van der Waals surface area contributed by atoms with Gasteiger partial charge >= 0.3 is 0 Å². The van der Waals surface area contributed by atoms with E-state index in [1.807, 2.05) is 18.2 Å². The van der Waals surface area contributed by atoms with Crippen LogP contribution >= 0.6 is 34.5 Å². The molecule has 0 radical (unpaired) electrons. The molecule has 3 N–H and O–H groups in total. The molecule has 0 spiro atoms. The molecule has 1 aromatic heterocycles. The Morgan fingerprint density at radius 2 is 1.89 bits per heavy atom. The number of thiophene rings is 1. The standard InChI is InChI=1S/C13H14Cl2N2S/c1-8-5-6-13(18-8)12(17-16)7-9-10(14)3-2-4-11(9)15/h2-6,12,17H,7,16H2,1H3. The Bertz CT molecular complexity index is 519. The van der Waals surface area contributed by atoms with Gasteiger partial charge in [-0.15, -0.1) is 11.3 Å². The zero-order chi connectivity index (χ0) is 13.1. The summed E-state index contributed by atoms with van der Waals surface area (Å²) in [7, 11) is 0. The van der Waals surface area contributed by atoms with E-state index >= 15 is 0 Å². The number of hydrogen-bond acceptors (Lipinski definition) is 3. The lowest BCUT2D eigenvalue weighted by molar-refractivity contribution is 0.561. The Balaban J connectivity index is 2.26. The minimum atomic E-state index is 0.0288. The van der Waals surface area contributed by atoms with Crippen molar-refractivity contribution in [1.82, 2.24) is 5.43 Å². The molecule has 2 nitrogen and oxygen atoms in total. The highest BCUT2D eigenvalue weighted by molar-refractivity contribution is 7.12. The molecule has 0 fully saturated rings. The molecule has 0 amide bonds. The van der Waals surface area contributed by atoms with Crippen LogP contribution in [-0.4, -0.2) is 0 Å². The summed E-state index contributed by atoms with van der Waals surface area (Å²) in [6.07, 6.45) is 0.676. The van der Waals surface area contributed by atoms with E-state index in [2.05, 4.69) is 24.5 Å². The molecule has 18 heavy (non-hydrogen) atoms. The SMILES string of the molecule is Cc1ccc(C(Cc2c(Cl)cccc2Cl)NN)s1. The molecule has 0 aliphatic heterocycles. The highest BCUT2D eigenvalue weighted by Gasteiger charge is 2.16. The molecule has 1 atom stereocenters. The monoisotopic (exact) mass is 300 g/mol. The van der Waals surface area contributed by atoms with E-state index in [-0.39, 0.29) is 6.04 Å². The Hall–Kier alpha value is -0.580. The first-order chi connectivity index (χ1) is 8.61. The van der Waals surface area contributed by atoms with Crippen LogP contribution in [0.2, 0.25) is 10.0 Å². The average molecular weight is 301 g/mol. The molecular weight excluding hydrogens is 287 g/mol. The number of hydrogen-bond donors (Lipinski definition) is 2. The second-order valence-corrected chi connectivity index (χ2v) is 6.21. The molecule has 0 aliphatic carbocycles. The van der Waals surface area contributed by atoms with Crippen LogP contribution in [0.25, 0.3) is 0 Å². The summed E-state index contributed by atoms with van der Waals surface area (Å²) in [6, 6.07) is 9.72. The number of aryl methyl sites for hydroxylation is 1. The number of nitrogens with two attached hydrogens (primary N) is 1. The second-order valence-electron chi connectivity index (χ2n) is 4.07. The zero-order valence-corrected chi connectivity index (χ0v) is 12.2. The van der Waals surface area contributed by atoms with Crippen molar-refractivity contribution in [2.75, 3.05) is 0 Å². The van der Waals surface area contributed by atoms with Crippen LogP contribution in [0.5, 0.6) is 0 Å². The van der Waals surface area contributed by atoms with Crippen molar-refractivity contribution in [2.45, 2.75) is 19.4 Å². The number of benzene rings is 1. The smallest absolute Gasteiger partial charge is 0.0594 e. The number of hydrazine groups is 1. The third-order valence-electron chi connectivity index (χ3n) is 2.78. The van der Waals surface area contributed by atoms with Gasteiger partial charge in [0.1, 0.15) is 0 Å². The van der Waals surface area contributed by atoms with Gasteiger partial charge in [-0.3, -0.25) is 11.3 Å². The minimum Gasteiger partial charge on any atom is -0.271 e. The maximum absolute atomic E-state index is 6.17. The van der Waals surface area contributed by atoms with Crippen molar-refractivity contribution in [3.8, 4) is 0 Å². The number of halogens is 2. The summed E-state index contributed by atoms with van der Waals surface area (Å²) >= 11 is 14.1. The fourth-order valence-electron chi connectivity index (χ4n) is 1.81. The van der Waals surface area contributed by atoms with Gasteiger partial charge in [0.15, 0.2) is 0 Å². The molecule has 1 aromatic carbocycles. The molecule has 2 rings (SSSR count). The fraction of sp³-hybridized carbons (Fsp3) is 0.231. The fourth-order valence-corrected chi connectivity index (χ4v) is 3.30. The first-order valence-corrected chi connectivity index (χ1v) is 7.14. The summed E-state index contributed by atoms with van der Waals surface area (Å²) in [5.74, 6) is 5.63. The maximum Gasteiger partial charge on any atom is 0.0594 e. The van der Waals surface area contributed by atoms with Crippen LogP contribution < -0.4 is 11.3 Å². The van der Waals surface area contributed by atoms with Crippen LogP contribution in [0.3, 0.4) is 0 Å². The second kappa shape index (κ2) is 6.04. The Morgan fingerprint density at radius 1 is 1.22 bits per heavy atom. The normalized spacial score (nSPS) is 12.7. The Kier molecular flexibility index (Phi) is 4.65. The summed E-state index contributed by atoms with van der Waals surface area (Å²) in [6.45, 7) is 2.07. The predicted molar refractivity (Wildman–Crippen MR) is 79.3 cm³/mol. The first kappa shape index (κ1) is 13.8. The third-order valence-corrected chi connectivity index (χ3v) is 4.60. The van der Waals surface area contributed by atoms with E-state index in [0.29, 0.717) is 16.5 Å². The molecule has 96 valence electrons. The molecule has 1 heterocycles. The lowest BCUT2D eigenvalue weighted by atomic mass is 10.0. The van der Waals surface area contributed by atoms with E-state index in [9.17, 15) is 0 Å². The van der Waals surface area contributed by atoms with Crippen molar-refractivity contribution in [2.24, 2.45) is 5.84 Å². The topological polar surface area (TPSA) is 38.0 Å². The van der Waals surface area contributed by atoms with Gasteiger partial charge in [-0.1, -0.05) is 29.3 Å². The van der Waals surface area contributed by atoms with Crippen LogP contribution in [-0.2, 0) is 6.42 Å². The van der Waals surface area contributed by atoms with Gasteiger partial charge in [-0.2, -0.15) is 0 Å². The molecule has 0 aliphatic rings. The van der Waals surface area contributed by atoms with E-state index < -0.39 is 0 Å². The molecule has 0 saturated carbocycles. The van der Waals surface area contributed by atoms with E-state index in [1.54, 1.807) is 11.3 Å². The first-order valence-electron chi connectivity index (χ1n) is 5.57. The van der Waals surface area contributed by atoms with Gasteiger partial charge in [0.25, 0.3) is 0 Å². The van der Waals surface area contributed by atoms with E-state index in [4.69, 9.17) is 29.0 Å². The Labute approximate surface area is 121 Å². The number of rotatable bonds is 4. The summed E-state index contributed by atoms with van der Waals surface area (Å²) in [4.78, 5) is 2.45. The molecule has 0 saturated heterocycles. The largest absolute Gasteiger partial charge is 0.271 e. The Morgan fingerprint density at radius 3 is 2.39 bits per heavy atom. The van der Waals surface area contributed by atoms with Crippen LogP contribution in [0.4, 0.5) is 0 Å². The molecule has 5 heteroatoms. The van der Waals surface area contributed by atoms with Crippen LogP contribution in [0.15, 0.2) is 30.3 Å². The summed E-state index contributed by atoms with van der Waals surface area (Å²) < 4.78 is 0. The maximum atomic E-state index is 6.17. The van der Waals surface area contributed by atoms with E-state index in [1.165, 1.54) is 9.75 Å². The third kappa shape index (κ3) is 3.05. The molecule has 1 unspecified atom stereocenters. The quantitative estimate of drug-likeness (QED) is 0.659. The van der Waals surface area contributed by atoms with Gasteiger partial charge in [-0.05, 0) is 43.2 Å². The van der Waals surface area contributed by atoms with Gasteiger partial charge in [-0.25, -0.2) is 0 Å². The minimum absolute atomic E-state index is 0.0288. The average Bonchev–Trinajstić information content (AvgIpc) is 2.76. The van der Waals surface area contributed by atoms with Gasteiger partial charge < -0.3 is 0 Å². The van der Waals surface area contributed by atoms with Gasteiger partial charge in [0, 0.05) is 19.8 Å². The zero-order valence-electron chi connectivity index (χ0n) is 9.91. The predicted octanol–water partition coefficient (Wildman–Crippen LogP) is 4.11. The van der Waals surface area contributed by atoms with Crippen molar-refractivity contribution < 1.29 is 0 Å². The van der Waals surface area contributed by atoms with Gasteiger partial charge in [0.2, 0.25) is 0 Å². The van der Waals surface area contributed by atoms with Crippen LogP contribution in [0, 0.1) is 6.92 Å². The lowest BCUT2D eigenvalue weighted by Crippen LogP contribution is -2.29. The van der Waals surface area contributed by atoms with Crippen LogP contribution in [0.1, 0.15) is 21.4 Å². The molecule has 0 bridgehead atoms. The highest BCUT2D eigenvalue weighted by atomic mass is 35.5. The molecule has 2 aromatic rings.